The molecule has 0 N–H and O–H groups in total. The molecule has 0 bridgehead atoms. The average Bonchev–Trinajstić information content (AvgIpc) is 2.72. The van der Waals surface area contributed by atoms with E-state index in [0.717, 1.165) is 13.0 Å². The number of carbonyl (C=O) groups is 1. The van der Waals surface area contributed by atoms with Gasteiger partial charge >= 0.3 is 5.97 Å². The van der Waals surface area contributed by atoms with Crippen LogP contribution in [0.3, 0.4) is 0 Å². The average molecular weight is 333 g/mol. The second-order valence-electron chi connectivity index (χ2n) is 4.73. The van der Waals surface area contributed by atoms with Crippen LogP contribution in [0.25, 0.3) is 0 Å². The summed E-state index contributed by atoms with van der Waals surface area (Å²) in [5.41, 5.74) is 1.21. The molecule has 4 nitrogen and oxygen atoms in total. The first-order valence-corrected chi connectivity index (χ1v) is 6.78. The molecule has 1 heterocycles. The summed E-state index contributed by atoms with van der Waals surface area (Å²) in [6, 6.07) is 0. The van der Waals surface area contributed by atoms with E-state index in [4.69, 9.17) is 0 Å². The van der Waals surface area contributed by atoms with Crippen molar-refractivity contribution in [1.29, 1.82) is 0 Å². The van der Waals surface area contributed by atoms with Gasteiger partial charge in [0.1, 0.15) is 11.9 Å². The van der Waals surface area contributed by atoms with Crippen LogP contribution in [-0.2, 0) is 29.5 Å². The fourth-order valence-electron chi connectivity index (χ4n) is 2.09. The highest BCUT2D eigenvalue weighted by Crippen LogP contribution is 2.07. The first kappa shape index (κ1) is 18.2. The molecule has 0 aliphatic heterocycles. The number of esters is 1. The van der Waals surface area contributed by atoms with Crippen molar-refractivity contribution in [2.75, 3.05) is 7.11 Å². The van der Waals surface area contributed by atoms with Crippen LogP contribution in [-0.4, -0.2) is 17.6 Å². The molecule has 0 saturated heterocycles. The molecule has 0 saturated carbocycles. The van der Waals surface area contributed by atoms with Crippen LogP contribution in [0.1, 0.15) is 44.7 Å². The lowest BCUT2D eigenvalue weighted by atomic mass is 10.2. The molecule has 1 aromatic heterocycles. The summed E-state index contributed by atoms with van der Waals surface area (Å²) in [7, 11) is 3.45. The Bertz CT molecular complexity index is 378. The van der Waals surface area contributed by atoms with Crippen molar-refractivity contribution in [2.45, 2.75) is 52.0 Å². The number of unbranched alkanes of at least 4 members (excludes halogenated alkanes) is 3. The van der Waals surface area contributed by atoms with Gasteiger partial charge in [0.05, 0.1) is 27.1 Å². The van der Waals surface area contributed by atoms with E-state index in [1.165, 1.54) is 38.5 Å². The molecule has 0 spiro atoms. The molecule has 0 atom stereocenters. The van der Waals surface area contributed by atoms with Crippen LogP contribution >= 0.6 is 0 Å². The van der Waals surface area contributed by atoms with Gasteiger partial charge in [-0.1, -0.05) is 19.8 Å². The van der Waals surface area contributed by atoms with E-state index < -0.39 is 0 Å². The monoisotopic (exact) mass is 332 g/mol. The summed E-state index contributed by atoms with van der Waals surface area (Å²) in [5, 5.41) is 0. The summed E-state index contributed by atoms with van der Waals surface area (Å²) < 4.78 is 8.97. The molecule has 19 heavy (non-hydrogen) atoms. The quantitative estimate of drug-likeness (QED) is 0.348. The molecule has 110 valence electrons. The van der Waals surface area contributed by atoms with Crippen LogP contribution in [0.5, 0.6) is 0 Å². The molecule has 5 heteroatoms. The molecule has 1 rings (SSSR count). The Morgan fingerprint density at radius 2 is 2.11 bits per heavy atom. The predicted molar refractivity (Wildman–Crippen MR) is 70.1 cm³/mol. The molecule has 0 radical (unpaired) electrons. The van der Waals surface area contributed by atoms with Crippen molar-refractivity contribution in [1.82, 2.24) is 4.57 Å². The maximum absolute atomic E-state index is 11.2. The standard InChI is InChI=1S/C14H25N2O2.BrH/c1-4-5-6-7-10-16-12-15(2)11-13(16)8-9-14(17)18-3;/h11-12H,4-10H2,1-3H3;1H/q+1;/p-1. The highest BCUT2D eigenvalue weighted by Gasteiger charge is 2.13. The Morgan fingerprint density at radius 3 is 2.74 bits per heavy atom. The summed E-state index contributed by atoms with van der Waals surface area (Å²) in [6.45, 7) is 3.26. The van der Waals surface area contributed by atoms with Crippen LogP contribution in [0.15, 0.2) is 12.5 Å². The highest BCUT2D eigenvalue weighted by atomic mass is 79.9. The number of rotatable bonds is 8. The minimum atomic E-state index is -0.142. The predicted octanol–water partition coefficient (Wildman–Crippen LogP) is -0.997. The number of aromatic nitrogens is 2. The molecule has 0 amide bonds. The van der Waals surface area contributed by atoms with Gasteiger partial charge in [0, 0.05) is 6.42 Å². The molecule has 0 fully saturated rings. The van der Waals surface area contributed by atoms with Crippen LogP contribution in [0.2, 0.25) is 0 Å². The third kappa shape index (κ3) is 6.76. The van der Waals surface area contributed by atoms with Crippen molar-refractivity contribution < 1.29 is 31.1 Å². The second-order valence-corrected chi connectivity index (χ2v) is 4.73. The summed E-state index contributed by atoms with van der Waals surface area (Å²) in [4.78, 5) is 11.2. The molecule has 1 aromatic rings. The zero-order valence-electron chi connectivity index (χ0n) is 12.2. The summed E-state index contributed by atoms with van der Waals surface area (Å²) in [5.74, 6) is -0.142. The SMILES string of the molecule is CCCCCCn1c[n+](C)cc1CCC(=O)OC.[Br-]. The maximum Gasteiger partial charge on any atom is 0.305 e. The number of imidazole rings is 1. The maximum atomic E-state index is 11.2. The van der Waals surface area contributed by atoms with E-state index >= 15 is 0 Å². The van der Waals surface area contributed by atoms with Gasteiger partial charge in [-0.2, -0.15) is 0 Å². The number of halogens is 1. The summed E-state index contributed by atoms with van der Waals surface area (Å²) >= 11 is 0. The van der Waals surface area contributed by atoms with Gasteiger partial charge in [0.25, 0.3) is 0 Å². The zero-order valence-corrected chi connectivity index (χ0v) is 13.8. The van der Waals surface area contributed by atoms with Crippen molar-refractivity contribution in [2.24, 2.45) is 7.05 Å². The molecular formula is C14H25BrN2O2. The molecule has 0 aliphatic rings. The van der Waals surface area contributed by atoms with Crippen LogP contribution in [0.4, 0.5) is 0 Å². The van der Waals surface area contributed by atoms with Gasteiger partial charge in [-0.25, -0.2) is 9.13 Å². The summed E-state index contributed by atoms with van der Waals surface area (Å²) in [6.07, 6.45) is 10.4. The van der Waals surface area contributed by atoms with Crippen LogP contribution < -0.4 is 21.5 Å². The van der Waals surface area contributed by atoms with Crippen molar-refractivity contribution in [3.8, 4) is 0 Å². The van der Waals surface area contributed by atoms with Gasteiger partial charge in [-0.05, 0) is 12.8 Å². The highest BCUT2D eigenvalue weighted by molar-refractivity contribution is 5.69. The third-order valence-electron chi connectivity index (χ3n) is 3.11. The third-order valence-corrected chi connectivity index (χ3v) is 3.11. The lowest BCUT2D eigenvalue weighted by molar-refractivity contribution is -0.671. The van der Waals surface area contributed by atoms with E-state index in [9.17, 15) is 4.79 Å². The number of aryl methyl sites for hydroxylation is 3. The van der Waals surface area contributed by atoms with Crippen molar-refractivity contribution in [3.05, 3.63) is 18.2 Å². The lowest BCUT2D eigenvalue weighted by Crippen LogP contribution is -3.00. The second kappa shape index (κ2) is 10.0. The Morgan fingerprint density at radius 1 is 1.37 bits per heavy atom. The topological polar surface area (TPSA) is 35.1 Å². The van der Waals surface area contributed by atoms with E-state index in [0.29, 0.717) is 6.42 Å². The van der Waals surface area contributed by atoms with E-state index in [1.807, 2.05) is 11.6 Å². The first-order valence-electron chi connectivity index (χ1n) is 6.78. The normalized spacial score (nSPS) is 10.1. The smallest absolute Gasteiger partial charge is 0.305 e. The Hall–Kier alpha value is -0.840. The van der Waals surface area contributed by atoms with Gasteiger partial charge in [-0.3, -0.25) is 4.79 Å². The minimum absolute atomic E-state index is 0. The molecule has 0 aromatic carbocycles. The fraction of sp³-hybridized carbons (Fsp3) is 0.714. The number of hydrogen-bond acceptors (Lipinski definition) is 2. The molecule has 0 unspecified atom stereocenters. The Labute approximate surface area is 126 Å². The van der Waals surface area contributed by atoms with E-state index in [1.54, 1.807) is 0 Å². The van der Waals surface area contributed by atoms with Crippen molar-refractivity contribution in [3.63, 3.8) is 0 Å². The number of carbonyl (C=O) groups excluding carboxylic acids is 1. The van der Waals surface area contributed by atoms with Crippen molar-refractivity contribution >= 4 is 5.97 Å². The number of ether oxygens (including phenoxy) is 1. The van der Waals surface area contributed by atoms with Crippen LogP contribution in [0, 0.1) is 0 Å². The first-order chi connectivity index (χ1) is 8.67. The van der Waals surface area contributed by atoms with Gasteiger partial charge in [0.15, 0.2) is 0 Å². The molecule has 0 aliphatic carbocycles. The van der Waals surface area contributed by atoms with Gasteiger partial charge in [-0.15, -0.1) is 0 Å². The Kier molecular flexibility index (Phi) is 9.57. The van der Waals surface area contributed by atoms with Gasteiger partial charge < -0.3 is 21.7 Å². The molecular weight excluding hydrogens is 308 g/mol. The fourth-order valence-corrected chi connectivity index (χ4v) is 2.09. The minimum Gasteiger partial charge on any atom is -1.00 e. The number of hydrogen-bond donors (Lipinski definition) is 0. The van der Waals surface area contributed by atoms with E-state index in [-0.39, 0.29) is 23.0 Å². The largest absolute Gasteiger partial charge is 1.00 e. The Balaban J connectivity index is 0.00000324. The van der Waals surface area contributed by atoms with E-state index in [2.05, 4.69) is 28.8 Å². The number of methoxy groups -OCH3 is 1. The number of nitrogens with zero attached hydrogens (tertiary/aromatic N) is 2. The lowest BCUT2D eigenvalue weighted by Gasteiger charge is -2.01. The zero-order chi connectivity index (χ0) is 13.4. The van der Waals surface area contributed by atoms with Gasteiger partial charge in [0.2, 0.25) is 6.33 Å².